The number of carbonyl (C=O) groups excluding carboxylic acids is 1. The molecule has 0 saturated heterocycles. The second-order valence-electron chi connectivity index (χ2n) is 3.80. The Balaban J connectivity index is 2.13. The molecule has 1 aromatic heterocycles. The average molecular weight is 306 g/mol. The number of ether oxygens (including phenoxy) is 1. The van der Waals surface area contributed by atoms with Crippen molar-refractivity contribution < 1.29 is 9.53 Å². The molecule has 0 atom stereocenters. The van der Waals surface area contributed by atoms with Crippen LogP contribution in [0.5, 0.6) is 11.6 Å². The average Bonchev–Trinajstić information content (AvgIpc) is 2.39. The molecule has 0 fully saturated rings. The van der Waals surface area contributed by atoms with Crippen LogP contribution in [0.3, 0.4) is 0 Å². The highest BCUT2D eigenvalue weighted by Gasteiger charge is 2.04. The Hall–Kier alpha value is -1.68. The largest absolute Gasteiger partial charge is 0.439 e. The summed E-state index contributed by atoms with van der Waals surface area (Å²) in [7, 11) is 0. The minimum atomic E-state index is 0.0511. The van der Waals surface area contributed by atoms with Gasteiger partial charge in [0, 0.05) is 17.3 Å². The Bertz CT molecular complexity index is 552. The Kier molecular flexibility index (Phi) is 4.10. The molecule has 0 N–H and O–H groups in total. The third-order valence-corrected chi connectivity index (χ3v) is 2.89. The normalized spacial score (nSPS) is 10.1. The molecular formula is C14H12BrNO2. The zero-order valence-electron chi connectivity index (χ0n) is 9.89. The van der Waals surface area contributed by atoms with Gasteiger partial charge in [-0.25, -0.2) is 4.98 Å². The van der Waals surface area contributed by atoms with Crippen molar-refractivity contribution in [3.8, 4) is 11.6 Å². The Labute approximate surface area is 114 Å². The summed E-state index contributed by atoms with van der Waals surface area (Å²) in [5.41, 5.74) is 1.56. The quantitative estimate of drug-likeness (QED) is 0.638. The number of carbonyl (C=O) groups is 1. The summed E-state index contributed by atoms with van der Waals surface area (Å²) < 4.78 is 5.59. The van der Waals surface area contributed by atoms with E-state index in [1.165, 1.54) is 0 Å². The minimum absolute atomic E-state index is 0.0511. The van der Waals surface area contributed by atoms with Crippen molar-refractivity contribution in [2.75, 3.05) is 5.33 Å². The van der Waals surface area contributed by atoms with Crippen molar-refractivity contribution in [1.82, 2.24) is 4.98 Å². The number of nitrogens with zero attached hydrogens (tertiary/aromatic N) is 1. The van der Waals surface area contributed by atoms with Crippen molar-refractivity contribution in [2.45, 2.75) is 6.92 Å². The fraction of sp³-hybridized carbons (Fsp3) is 0.143. The number of rotatable bonds is 4. The zero-order valence-corrected chi connectivity index (χ0v) is 11.5. The highest BCUT2D eigenvalue weighted by Crippen LogP contribution is 2.20. The molecule has 4 heteroatoms. The third kappa shape index (κ3) is 3.17. The predicted molar refractivity (Wildman–Crippen MR) is 73.6 cm³/mol. The van der Waals surface area contributed by atoms with Gasteiger partial charge in [0.15, 0.2) is 5.78 Å². The number of benzene rings is 1. The van der Waals surface area contributed by atoms with Crippen LogP contribution in [0.2, 0.25) is 0 Å². The van der Waals surface area contributed by atoms with Gasteiger partial charge in [-0.3, -0.25) is 4.79 Å². The van der Waals surface area contributed by atoms with E-state index in [9.17, 15) is 4.79 Å². The molecule has 0 spiro atoms. The van der Waals surface area contributed by atoms with Crippen molar-refractivity contribution >= 4 is 21.7 Å². The lowest BCUT2D eigenvalue weighted by Crippen LogP contribution is -1.99. The first-order valence-electron chi connectivity index (χ1n) is 5.50. The van der Waals surface area contributed by atoms with Crippen molar-refractivity contribution in [3.05, 3.63) is 53.7 Å². The lowest BCUT2D eigenvalue weighted by molar-refractivity contribution is 0.102. The van der Waals surface area contributed by atoms with Gasteiger partial charge in [0.05, 0.1) is 5.33 Å². The van der Waals surface area contributed by atoms with Crippen LogP contribution >= 0.6 is 15.9 Å². The standard InChI is InChI=1S/C14H12BrNO2/c1-10-3-2-4-14(16-10)18-12-7-5-11(6-8-12)13(17)9-15/h2-8H,9H2,1H3. The number of pyridine rings is 1. The maximum Gasteiger partial charge on any atom is 0.219 e. The van der Waals surface area contributed by atoms with Crippen molar-refractivity contribution in [3.63, 3.8) is 0 Å². The molecule has 2 rings (SSSR count). The second-order valence-corrected chi connectivity index (χ2v) is 4.36. The Morgan fingerprint density at radius 2 is 1.94 bits per heavy atom. The number of halogens is 1. The van der Waals surface area contributed by atoms with Crippen LogP contribution in [0, 0.1) is 6.92 Å². The third-order valence-electron chi connectivity index (χ3n) is 2.38. The molecule has 3 nitrogen and oxygen atoms in total. The number of aryl methyl sites for hydroxylation is 1. The van der Waals surface area contributed by atoms with Crippen LogP contribution in [0.4, 0.5) is 0 Å². The number of hydrogen-bond acceptors (Lipinski definition) is 3. The monoisotopic (exact) mass is 305 g/mol. The molecule has 1 heterocycles. The first kappa shape index (κ1) is 12.8. The van der Waals surface area contributed by atoms with E-state index in [0.29, 0.717) is 22.5 Å². The summed E-state index contributed by atoms with van der Waals surface area (Å²) in [6, 6.07) is 12.6. The van der Waals surface area contributed by atoms with E-state index in [2.05, 4.69) is 20.9 Å². The fourth-order valence-electron chi connectivity index (χ4n) is 1.48. The Morgan fingerprint density at radius 3 is 2.56 bits per heavy atom. The minimum Gasteiger partial charge on any atom is -0.439 e. The van der Waals surface area contributed by atoms with Crippen LogP contribution in [-0.4, -0.2) is 16.1 Å². The smallest absolute Gasteiger partial charge is 0.219 e. The van der Waals surface area contributed by atoms with Gasteiger partial charge in [-0.1, -0.05) is 22.0 Å². The summed E-state index contributed by atoms with van der Waals surface area (Å²) in [6.07, 6.45) is 0. The maximum absolute atomic E-state index is 11.4. The molecule has 0 aliphatic rings. The first-order chi connectivity index (χ1) is 8.69. The summed E-state index contributed by atoms with van der Waals surface area (Å²) in [5, 5.41) is 0.326. The van der Waals surface area contributed by atoms with Crippen LogP contribution < -0.4 is 4.74 Å². The van der Waals surface area contributed by atoms with Gasteiger partial charge in [0.2, 0.25) is 5.88 Å². The molecular weight excluding hydrogens is 294 g/mol. The SMILES string of the molecule is Cc1cccc(Oc2ccc(C(=O)CBr)cc2)n1. The van der Waals surface area contributed by atoms with Gasteiger partial charge < -0.3 is 4.74 Å². The second kappa shape index (κ2) is 5.78. The number of alkyl halides is 1. The van der Waals surface area contributed by atoms with E-state index >= 15 is 0 Å². The number of hydrogen-bond donors (Lipinski definition) is 0. The first-order valence-corrected chi connectivity index (χ1v) is 6.62. The van der Waals surface area contributed by atoms with E-state index in [1.54, 1.807) is 30.3 Å². The maximum atomic E-state index is 11.4. The molecule has 18 heavy (non-hydrogen) atoms. The molecule has 0 aliphatic carbocycles. The molecule has 1 aromatic carbocycles. The van der Waals surface area contributed by atoms with E-state index in [4.69, 9.17) is 4.74 Å². The van der Waals surface area contributed by atoms with Gasteiger partial charge in [-0.15, -0.1) is 0 Å². The summed E-state index contributed by atoms with van der Waals surface area (Å²) in [4.78, 5) is 15.7. The van der Waals surface area contributed by atoms with Crippen LogP contribution in [-0.2, 0) is 0 Å². The summed E-state index contributed by atoms with van der Waals surface area (Å²) >= 11 is 3.14. The Morgan fingerprint density at radius 1 is 1.22 bits per heavy atom. The van der Waals surface area contributed by atoms with Gasteiger partial charge >= 0.3 is 0 Å². The number of Topliss-reactive ketones (excluding diaryl/α,β-unsaturated/α-hetero) is 1. The molecule has 0 saturated carbocycles. The van der Waals surface area contributed by atoms with Crippen molar-refractivity contribution in [2.24, 2.45) is 0 Å². The molecule has 0 bridgehead atoms. The van der Waals surface area contributed by atoms with E-state index in [1.807, 2.05) is 19.1 Å². The van der Waals surface area contributed by atoms with Gasteiger partial charge in [-0.05, 0) is 37.3 Å². The molecule has 2 aromatic rings. The van der Waals surface area contributed by atoms with Crippen molar-refractivity contribution in [1.29, 1.82) is 0 Å². The number of aromatic nitrogens is 1. The van der Waals surface area contributed by atoms with Gasteiger partial charge in [0.25, 0.3) is 0 Å². The lowest BCUT2D eigenvalue weighted by Gasteiger charge is -2.05. The van der Waals surface area contributed by atoms with E-state index in [-0.39, 0.29) is 5.78 Å². The molecule has 92 valence electrons. The van der Waals surface area contributed by atoms with Gasteiger partial charge in [0.1, 0.15) is 5.75 Å². The van der Waals surface area contributed by atoms with Gasteiger partial charge in [-0.2, -0.15) is 0 Å². The highest BCUT2D eigenvalue weighted by molar-refractivity contribution is 9.09. The molecule has 0 amide bonds. The van der Waals surface area contributed by atoms with E-state index in [0.717, 1.165) is 5.69 Å². The molecule has 0 radical (unpaired) electrons. The number of ketones is 1. The topological polar surface area (TPSA) is 39.2 Å². The van der Waals surface area contributed by atoms with E-state index < -0.39 is 0 Å². The lowest BCUT2D eigenvalue weighted by atomic mass is 10.1. The summed E-state index contributed by atoms with van der Waals surface area (Å²) in [6.45, 7) is 1.91. The summed E-state index contributed by atoms with van der Waals surface area (Å²) in [5.74, 6) is 1.27. The fourth-order valence-corrected chi connectivity index (χ4v) is 1.81. The van der Waals surface area contributed by atoms with Crippen LogP contribution in [0.25, 0.3) is 0 Å². The highest BCUT2D eigenvalue weighted by atomic mass is 79.9. The molecule has 0 unspecified atom stereocenters. The van der Waals surface area contributed by atoms with Crippen LogP contribution in [0.15, 0.2) is 42.5 Å². The predicted octanol–water partition coefficient (Wildman–Crippen LogP) is 3.76. The molecule has 0 aliphatic heterocycles. The zero-order chi connectivity index (χ0) is 13.0. The van der Waals surface area contributed by atoms with Crippen LogP contribution in [0.1, 0.15) is 16.1 Å².